The minimum absolute atomic E-state index is 0.0140. The second-order valence-electron chi connectivity index (χ2n) is 5.94. The van der Waals surface area contributed by atoms with E-state index in [9.17, 15) is 9.18 Å². The van der Waals surface area contributed by atoms with Crippen LogP contribution in [0.15, 0.2) is 30.5 Å². The van der Waals surface area contributed by atoms with Gasteiger partial charge in [0.1, 0.15) is 23.5 Å². The number of rotatable bonds is 2. The van der Waals surface area contributed by atoms with E-state index in [1.165, 1.54) is 24.4 Å². The number of carbonyl (C=O) groups is 1. The maximum atomic E-state index is 14.2. The fraction of sp³-hybridized carbons (Fsp3) is 0.235. The number of ether oxygens (including phenoxy) is 1. The molecule has 1 saturated carbocycles. The summed E-state index contributed by atoms with van der Waals surface area (Å²) in [5, 5.41) is 14.5. The number of amides is 2. The number of nitrogens with zero attached hydrogens (tertiary/aromatic N) is 2. The smallest absolute Gasteiger partial charge is 0.320 e. The number of benzene rings is 1. The van der Waals surface area contributed by atoms with Gasteiger partial charge in [-0.25, -0.2) is 14.2 Å². The third-order valence-electron chi connectivity index (χ3n) is 4.45. The van der Waals surface area contributed by atoms with Crippen LogP contribution in [0, 0.1) is 23.1 Å². The molecule has 8 heteroatoms. The average Bonchev–Trinajstić information content (AvgIpc) is 3.31. The number of urea groups is 1. The van der Waals surface area contributed by atoms with Crippen molar-refractivity contribution in [3.63, 3.8) is 0 Å². The van der Waals surface area contributed by atoms with Crippen LogP contribution >= 0.6 is 11.6 Å². The Labute approximate surface area is 147 Å². The van der Waals surface area contributed by atoms with Crippen molar-refractivity contribution in [2.45, 2.75) is 12.0 Å². The normalized spacial score (nSPS) is 22.7. The molecule has 126 valence electrons. The van der Waals surface area contributed by atoms with Crippen molar-refractivity contribution in [1.29, 1.82) is 5.26 Å². The van der Waals surface area contributed by atoms with Gasteiger partial charge in [-0.05, 0) is 24.3 Å². The molecule has 0 bridgehead atoms. The summed E-state index contributed by atoms with van der Waals surface area (Å²) in [6.07, 6.45) is 1.37. The lowest BCUT2D eigenvalue weighted by molar-refractivity contribution is 0.249. The Morgan fingerprint density at radius 3 is 2.96 bits per heavy atom. The summed E-state index contributed by atoms with van der Waals surface area (Å²) >= 11 is 6.06. The largest absolute Gasteiger partial charge is 0.491 e. The highest BCUT2D eigenvalue weighted by atomic mass is 35.5. The Bertz CT molecular complexity index is 897. The number of carbonyl (C=O) groups excluding carboxylic acids is 1. The summed E-state index contributed by atoms with van der Waals surface area (Å²) in [6.45, 7) is 0.376. The summed E-state index contributed by atoms with van der Waals surface area (Å²) in [4.78, 5) is 16.1. The first-order chi connectivity index (χ1) is 12.1. The summed E-state index contributed by atoms with van der Waals surface area (Å²) < 4.78 is 19.7. The Balaban J connectivity index is 1.45. The number of halogens is 2. The average molecular weight is 359 g/mol. The van der Waals surface area contributed by atoms with Gasteiger partial charge in [-0.15, -0.1) is 0 Å². The maximum Gasteiger partial charge on any atom is 0.320 e. The van der Waals surface area contributed by atoms with Crippen molar-refractivity contribution in [3.05, 3.63) is 52.4 Å². The lowest BCUT2D eigenvalue weighted by Crippen LogP contribution is -2.32. The van der Waals surface area contributed by atoms with Gasteiger partial charge >= 0.3 is 6.03 Å². The lowest BCUT2D eigenvalue weighted by Gasteiger charge is -2.17. The first kappa shape index (κ1) is 15.7. The van der Waals surface area contributed by atoms with Crippen LogP contribution < -0.4 is 15.4 Å². The molecule has 25 heavy (non-hydrogen) atoms. The zero-order chi connectivity index (χ0) is 17.6. The van der Waals surface area contributed by atoms with Gasteiger partial charge in [-0.2, -0.15) is 5.26 Å². The minimum atomic E-state index is -0.444. The van der Waals surface area contributed by atoms with Gasteiger partial charge in [0, 0.05) is 29.6 Å². The molecule has 0 saturated heterocycles. The Hall–Kier alpha value is -2.85. The molecule has 1 aromatic carbocycles. The predicted molar refractivity (Wildman–Crippen MR) is 88.0 cm³/mol. The molecule has 2 aromatic rings. The third-order valence-corrected chi connectivity index (χ3v) is 4.75. The number of hydrogen-bond donors (Lipinski definition) is 2. The van der Waals surface area contributed by atoms with Gasteiger partial charge in [0.15, 0.2) is 0 Å². The number of fused-ring (bicyclic) bond motifs is 3. The van der Waals surface area contributed by atoms with E-state index >= 15 is 0 Å². The van der Waals surface area contributed by atoms with Crippen molar-refractivity contribution in [1.82, 2.24) is 10.3 Å². The van der Waals surface area contributed by atoms with Crippen molar-refractivity contribution >= 4 is 23.4 Å². The Kier molecular flexibility index (Phi) is 3.70. The van der Waals surface area contributed by atoms with Crippen molar-refractivity contribution in [2.75, 3.05) is 11.9 Å². The highest BCUT2D eigenvalue weighted by molar-refractivity contribution is 6.32. The van der Waals surface area contributed by atoms with Crippen LogP contribution in [-0.2, 0) is 0 Å². The van der Waals surface area contributed by atoms with E-state index in [1.807, 2.05) is 6.07 Å². The lowest BCUT2D eigenvalue weighted by atomic mass is 10.1. The second kappa shape index (κ2) is 5.90. The molecule has 1 fully saturated rings. The molecule has 3 atom stereocenters. The number of pyridine rings is 1. The SMILES string of the molecule is N#Cc1ccc(NC(=O)NC2C3COc4c(Cl)ccc(F)c4C32)nc1. The molecular formula is C17H12ClFN4O2. The summed E-state index contributed by atoms with van der Waals surface area (Å²) in [7, 11) is 0. The number of anilines is 1. The predicted octanol–water partition coefficient (Wildman–Crippen LogP) is 3.04. The van der Waals surface area contributed by atoms with Gasteiger partial charge in [-0.1, -0.05) is 11.6 Å². The number of nitrogens with one attached hydrogen (secondary N) is 2. The maximum absolute atomic E-state index is 14.2. The summed E-state index contributed by atoms with van der Waals surface area (Å²) in [6, 6.07) is 7.14. The molecule has 4 rings (SSSR count). The van der Waals surface area contributed by atoms with E-state index in [4.69, 9.17) is 21.6 Å². The Morgan fingerprint density at radius 1 is 1.40 bits per heavy atom. The molecule has 0 radical (unpaired) electrons. The van der Waals surface area contributed by atoms with Gasteiger partial charge in [-0.3, -0.25) is 5.32 Å². The molecule has 0 spiro atoms. The highest BCUT2D eigenvalue weighted by Gasteiger charge is 2.57. The first-order valence-corrected chi connectivity index (χ1v) is 8.00. The molecule has 3 unspecified atom stereocenters. The van der Waals surface area contributed by atoms with Crippen LogP contribution in [0.1, 0.15) is 17.0 Å². The van der Waals surface area contributed by atoms with Crippen LogP contribution in [-0.4, -0.2) is 23.7 Å². The monoisotopic (exact) mass is 358 g/mol. The van der Waals surface area contributed by atoms with Crippen LogP contribution in [0.5, 0.6) is 5.75 Å². The van der Waals surface area contributed by atoms with Crippen molar-refractivity contribution in [3.8, 4) is 11.8 Å². The molecule has 2 amide bonds. The van der Waals surface area contributed by atoms with E-state index in [-0.39, 0.29) is 23.7 Å². The summed E-state index contributed by atoms with van der Waals surface area (Å²) in [5.41, 5.74) is 0.825. The molecule has 1 aliphatic carbocycles. The number of nitriles is 1. The number of aromatic nitrogens is 1. The second-order valence-corrected chi connectivity index (χ2v) is 6.35. The number of hydrogen-bond acceptors (Lipinski definition) is 4. The molecule has 2 N–H and O–H groups in total. The standard InChI is InChI=1S/C17H12ClFN4O2/c18-10-2-3-11(19)14-13-9(7-25-16(10)14)15(13)23-17(24)22-12-4-1-8(5-20)6-21-12/h1-4,6,9,13,15H,7H2,(H2,21,22,23,24). The first-order valence-electron chi connectivity index (χ1n) is 7.63. The quantitative estimate of drug-likeness (QED) is 0.863. The third kappa shape index (κ3) is 2.75. The van der Waals surface area contributed by atoms with Gasteiger partial charge in [0.2, 0.25) is 0 Å². The van der Waals surface area contributed by atoms with Crippen LogP contribution in [0.2, 0.25) is 5.02 Å². The fourth-order valence-corrected chi connectivity index (χ4v) is 3.41. The van der Waals surface area contributed by atoms with Gasteiger partial charge in [0.05, 0.1) is 17.2 Å². The van der Waals surface area contributed by atoms with E-state index in [1.54, 1.807) is 6.07 Å². The van der Waals surface area contributed by atoms with E-state index in [0.717, 1.165) is 0 Å². The zero-order valence-corrected chi connectivity index (χ0v) is 13.5. The minimum Gasteiger partial charge on any atom is -0.491 e. The molecule has 1 aliphatic heterocycles. The zero-order valence-electron chi connectivity index (χ0n) is 12.8. The van der Waals surface area contributed by atoms with Crippen LogP contribution in [0.25, 0.3) is 0 Å². The molecule has 2 heterocycles. The van der Waals surface area contributed by atoms with Crippen LogP contribution in [0.4, 0.5) is 15.0 Å². The Morgan fingerprint density at radius 2 is 2.24 bits per heavy atom. The van der Waals surface area contributed by atoms with E-state index in [0.29, 0.717) is 34.3 Å². The molecular weight excluding hydrogens is 347 g/mol. The highest BCUT2D eigenvalue weighted by Crippen LogP contribution is 2.56. The van der Waals surface area contributed by atoms with Gasteiger partial charge < -0.3 is 10.1 Å². The molecule has 2 aliphatic rings. The van der Waals surface area contributed by atoms with E-state index < -0.39 is 6.03 Å². The van der Waals surface area contributed by atoms with Gasteiger partial charge in [0.25, 0.3) is 0 Å². The van der Waals surface area contributed by atoms with E-state index in [2.05, 4.69) is 15.6 Å². The van der Waals surface area contributed by atoms with Crippen LogP contribution in [0.3, 0.4) is 0 Å². The summed E-state index contributed by atoms with van der Waals surface area (Å²) in [5.74, 6) is 0.169. The molecule has 1 aromatic heterocycles. The topological polar surface area (TPSA) is 87.0 Å². The van der Waals surface area contributed by atoms with Crippen molar-refractivity contribution < 1.29 is 13.9 Å². The fourth-order valence-electron chi connectivity index (χ4n) is 3.20. The molecule has 6 nitrogen and oxygen atoms in total. The van der Waals surface area contributed by atoms with Crippen molar-refractivity contribution in [2.24, 2.45) is 5.92 Å².